The summed E-state index contributed by atoms with van der Waals surface area (Å²) < 4.78 is 76.2. The van der Waals surface area contributed by atoms with E-state index in [1.165, 1.54) is 14.2 Å². The highest BCUT2D eigenvalue weighted by Crippen LogP contribution is 2.46. The smallest absolute Gasteiger partial charge is 0.472 e. The summed E-state index contributed by atoms with van der Waals surface area (Å²) in [5, 5.41) is 2.88. The number of hydrogen-bond acceptors (Lipinski definition) is 11. The molecule has 3 aromatic rings. The molecular weight excluding hydrogens is 551 g/mol. The maximum Gasteiger partial charge on any atom is 0.472 e. The van der Waals surface area contributed by atoms with Crippen LogP contribution in [-0.2, 0) is 29.7 Å². The van der Waals surface area contributed by atoms with Crippen molar-refractivity contribution in [1.82, 2.24) is 9.55 Å². The second kappa shape index (κ2) is 11.3. The first-order valence-corrected chi connectivity index (χ1v) is 12.7. The number of ether oxygens (including phenoxy) is 4. The minimum absolute atomic E-state index is 0.264. The monoisotopic (exact) mass is 575 g/mol. The van der Waals surface area contributed by atoms with Gasteiger partial charge in [0.25, 0.3) is 5.92 Å². The van der Waals surface area contributed by atoms with Crippen molar-refractivity contribution in [3.8, 4) is 11.5 Å². The Morgan fingerprint density at radius 3 is 2.72 bits per heavy atom. The van der Waals surface area contributed by atoms with Crippen LogP contribution in [-0.4, -0.2) is 60.5 Å². The molecule has 1 fully saturated rings. The van der Waals surface area contributed by atoms with E-state index in [2.05, 4.69) is 19.3 Å². The summed E-state index contributed by atoms with van der Waals surface area (Å²) in [5.41, 5.74) is -0.728. The van der Waals surface area contributed by atoms with E-state index in [0.29, 0.717) is 27.0 Å². The Hall–Kier alpha value is -3.56. The minimum Gasteiger partial charge on any atom is -0.497 e. The summed E-state index contributed by atoms with van der Waals surface area (Å²) in [6.45, 7) is -0.953. The molecule has 2 N–H and O–H groups in total. The fourth-order valence-electron chi connectivity index (χ4n) is 3.76. The molecule has 39 heavy (non-hydrogen) atoms. The number of halogens is 2. The van der Waals surface area contributed by atoms with Crippen LogP contribution in [0.2, 0.25) is 0 Å². The summed E-state index contributed by atoms with van der Waals surface area (Å²) in [7, 11) is -0.524. The van der Waals surface area contributed by atoms with Crippen molar-refractivity contribution >= 4 is 30.7 Å². The van der Waals surface area contributed by atoms with Crippen LogP contribution in [0.5, 0.6) is 11.5 Å². The van der Waals surface area contributed by atoms with Gasteiger partial charge in [0.2, 0.25) is 6.23 Å². The number of carbonyl (C=O) groups is 1. The van der Waals surface area contributed by atoms with Crippen molar-refractivity contribution in [2.45, 2.75) is 31.3 Å². The van der Waals surface area contributed by atoms with Crippen molar-refractivity contribution in [3.63, 3.8) is 0 Å². The molecule has 0 bridgehead atoms. The second-order valence-electron chi connectivity index (χ2n) is 8.19. The van der Waals surface area contributed by atoms with Gasteiger partial charge in [-0.05, 0) is 18.2 Å². The third-order valence-electron chi connectivity index (χ3n) is 5.56. The first kappa shape index (κ1) is 28.4. The Morgan fingerprint density at radius 1 is 1.28 bits per heavy atom. The maximum absolute atomic E-state index is 14.5. The molecule has 1 aromatic carbocycles. The molecule has 17 heteroatoms. The number of carbonyl (C=O) groups excluding carboxylic acids is 1. The van der Waals surface area contributed by atoms with Crippen LogP contribution in [0.25, 0.3) is 11.0 Å². The van der Waals surface area contributed by atoms with E-state index < -0.39 is 50.9 Å². The summed E-state index contributed by atoms with van der Waals surface area (Å²) in [5.74, 6) is -2.54. The molecule has 3 heterocycles. The van der Waals surface area contributed by atoms with E-state index in [-0.39, 0.29) is 18.2 Å². The lowest BCUT2D eigenvalue weighted by Crippen LogP contribution is -2.35. The molecular formula is C22H24F2N3O11P. The predicted octanol–water partition coefficient (Wildman–Crippen LogP) is 3.44. The van der Waals surface area contributed by atoms with E-state index in [0.717, 1.165) is 19.4 Å². The molecule has 0 saturated carbocycles. The number of alkyl halides is 2. The number of aromatic nitrogens is 2. The van der Waals surface area contributed by atoms with Crippen LogP contribution in [0.1, 0.15) is 18.4 Å². The predicted molar refractivity (Wildman–Crippen MR) is 128 cm³/mol. The highest BCUT2D eigenvalue weighted by Gasteiger charge is 2.52. The van der Waals surface area contributed by atoms with Crippen LogP contribution in [0.3, 0.4) is 0 Å². The fourth-order valence-corrected chi connectivity index (χ4v) is 4.22. The van der Waals surface area contributed by atoms with Gasteiger partial charge in [-0.1, -0.05) is 0 Å². The van der Waals surface area contributed by atoms with Crippen LogP contribution >= 0.6 is 7.82 Å². The lowest BCUT2D eigenvalue weighted by molar-refractivity contribution is -0.120. The topological polar surface area (TPSA) is 170 Å². The molecule has 212 valence electrons. The summed E-state index contributed by atoms with van der Waals surface area (Å²) in [6.07, 6.45) is -4.29. The van der Waals surface area contributed by atoms with E-state index >= 15 is 0 Å². The van der Waals surface area contributed by atoms with Crippen molar-refractivity contribution in [1.29, 1.82) is 0 Å². The quantitative estimate of drug-likeness (QED) is 0.338. The van der Waals surface area contributed by atoms with Crippen LogP contribution < -0.4 is 20.5 Å². The molecule has 3 unspecified atom stereocenters. The van der Waals surface area contributed by atoms with Crippen molar-refractivity contribution in [2.75, 3.05) is 33.3 Å². The van der Waals surface area contributed by atoms with Crippen LogP contribution in [0, 0.1) is 0 Å². The Morgan fingerprint density at radius 2 is 2.05 bits per heavy atom. The molecule has 1 aliphatic heterocycles. The van der Waals surface area contributed by atoms with E-state index in [4.69, 9.17) is 23.4 Å². The number of fused-ring (bicyclic) bond motifs is 1. The largest absolute Gasteiger partial charge is 0.497 e. The standard InChI is InChI=1S/C22H24F2N3O11P/c1-32-13-6-12-7-14(37-18(12)16(8-13)33-2)10-35-21(29)26-17-4-5-27(20(28)25-17)19-22(23,24)9-15(38-19)11-36-39(30,31)34-3/h4-8,15,19H,9-11H2,1-3H3,(H,30,31)(H,25,26,28,29). The molecule has 14 nitrogen and oxygen atoms in total. The summed E-state index contributed by atoms with van der Waals surface area (Å²) >= 11 is 0. The highest BCUT2D eigenvalue weighted by molar-refractivity contribution is 7.47. The Labute approximate surface area is 218 Å². The number of nitrogens with zero attached hydrogens (tertiary/aromatic N) is 2. The highest BCUT2D eigenvalue weighted by atomic mass is 31.2. The lowest BCUT2D eigenvalue weighted by atomic mass is 10.2. The van der Waals surface area contributed by atoms with Crippen LogP contribution in [0.4, 0.5) is 19.4 Å². The Kier molecular flexibility index (Phi) is 8.23. The molecule has 2 aromatic heterocycles. The van der Waals surface area contributed by atoms with E-state index in [1.807, 2.05) is 0 Å². The molecule has 0 spiro atoms. The maximum atomic E-state index is 14.5. The van der Waals surface area contributed by atoms with Crippen molar-refractivity contribution in [3.05, 3.63) is 46.7 Å². The molecule has 4 rings (SSSR count). The number of phosphoric ester groups is 1. The van der Waals surface area contributed by atoms with Crippen molar-refractivity contribution in [2.24, 2.45) is 0 Å². The zero-order valence-electron chi connectivity index (χ0n) is 20.8. The van der Waals surface area contributed by atoms with E-state index in [1.54, 1.807) is 18.2 Å². The van der Waals surface area contributed by atoms with Gasteiger partial charge in [-0.15, -0.1) is 0 Å². The number of amides is 1. The molecule has 1 saturated heterocycles. The Bertz CT molecular complexity index is 1460. The average Bonchev–Trinajstić information content (AvgIpc) is 3.45. The molecule has 0 radical (unpaired) electrons. The number of benzene rings is 1. The number of rotatable bonds is 10. The number of hydrogen-bond donors (Lipinski definition) is 2. The number of methoxy groups -OCH3 is 2. The SMILES string of the molecule is COc1cc(OC)c2oc(COC(=O)Nc3ccn(C4OC(COP(=O)(O)OC)CC4(F)F)c(=O)n3)cc2c1. The Balaban J connectivity index is 1.38. The van der Waals surface area contributed by atoms with Gasteiger partial charge < -0.3 is 28.3 Å². The lowest BCUT2D eigenvalue weighted by Gasteiger charge is -2.20. The van der Waals surface area contributed by atoms with E-state index in [9.17, 15) is 27.8 Å². The first-order chi connectivity index (χ1) is 18.4. The van der Waals surface area contributed by atoms with Gasteiger partial charge in [0.15, 0.2) is 17.9 Å². The van der Waals surface area contributed by atoms with Gasteiger partial charge >= 0.3 is 19.6 Å². The van der Waals surface area contributed by atoms with Gasteiger partial charge in [-0.2, -0.15) is 4.98 Å². The molecule has 1 aliphatic rings. The minimum atomic E-state index is -4.40. The van der Waals surface area contributed by atoms with Gasteiger partial charge in [0, 0.05) is 31.2 Å². The zero-order valence-corrected chi connectivity index (χ0v) is 21.7. The van der Waals surface area contributed by atoms with Gasteiger partial charge in [-0.25, -0.2) is 22.9 Å². The third kappa shape index (κ3) is 6.54. The van der Waals surface area contributed by atoms with Gasteiger partial charge in [-0.3, -0.25) is 18.9 Å². The summed E-state index contributed by atoms with van der Waals surface area (Å²) in [6, 6.07) is 6.06. The van der Waals surface area contributed by atoms with Crippen molar-refractivity contribution < 1.29 is 55.4 Å². The number of anilines is 1. The summed E-state index contributed by atoms with van der Waals surface area (Å²) in [4.78, 5) is 37.5. The molecule has 3 atom stereocenters. The number of phosphoric acid groups is 1. The third-order valence-corrected chi connectivity index (χ3v) is 6.49. The normalized spacial score (nSPS) is 19.9. The number of nitrogens with one attached hydrogen (secondary N) is 1. The first-order valence-electron chi connectivity index (χ1n) is 11.2. The van der Waals surface area contributed by atoms with Gasteiger partial charge in [0.1, 0.15) is 17.3 Å². The second-order valence-corrected chi connectivity index (χ2v) is 9.75. The zero-order chi connectivity index (χ0) is 28.4. The average molecular weight is 575 g/mol. The molecule has 1 amide bonds. The fraction of sp³-hybridized carbons (Fsp3) is 0.409. The van der Waals surface area contributed by atoms with Gasteiger partial charge in [0.05, 0.1) is 26.9 Å². The van der Waals surface area contributed by atoms with Crippen LogP contribution in [0.15, 0.2) is 39.7 Å². The number of furan rings is 1. The molecule has 0 aliphatic carbocycles.